The molecule has 1 aliphatic rings. The smallest absolute Gasteiger partial charge is 0.247 e. The summed E-state index contributed by atoms with van der Waals surface area (Å²) in [5.41, 5.74) is 0.481. The number of hydrogen-bond acceptors (Lipinski definition) is 6. The topological polar surface area (TPSA) is 105 Å². The molecule has 35 heavy (non-hydrogen) atoms. The van der Waals surface area contributed by atoms with Crippen LogP contribution in [0.5, 0.6) is 0 Å². The number of aromatic nitrogens is 1. The molecule has 3 aromatic rings. The monoisotopic (exact) mass is 498 g/mol. The van der Waals surface area contributed by atoms with Gasteiger partial charge < -0.3 is 20.0 Å². The van der Waals surface area contributed by atoms with Crippen LogP contribution >= 0.6 is 11.3 Å². The van der Waals surface area contributed by atoms with E-state index in [0.29, 0.717) is 16.5 Å². The molecule has 4 rings (SSSR count). The predicted molar refractivity (Wildman–Crippen MR) is 129 cm³/mol. The fraction of sp³-hybridized carbons (Fsp3) is 0.360. The Morgan fingerprint density at radius 2 is 1.91 bits per heavy atom. The Hall–Kier alpha value is -3.53. The number of hydrogen-bond donors (Lipinski definition) is 2. The molecule has 0 aliphatic heterocycles. The molecule has 1 atom stereocenters. The third-order valence-electron chi connectivity index (χ3n) is 5.92. The number of benzene rings is 1. The molecule has 2 aromatic heterocycles. The number of nitrogens with zero attached hydrogens (tertiary/aromatic N) is 2. The van der Waals surface area contributed by atoms with Crippen molar-refractivity contribution in [3.05, 3.63) is 71.4 Å². The number of furan rings is 1. The lowest BCUT2D eigenvalue weighted by Crippen LogP contribution is -2.46. The van der Waals surface area contributed by atoms with Gasteiger partial charge in [-0.15, -0.1) is 11.3 Å². The number of anilines is 1. The molecule has 0 spiro atoms. The lowest BCUT2D eigenvalue weighted by atomic mass is 10.0. The first-order valence-corrected chi connectivity index (χ1v) is 12.4. The van der Waals surface area contributed by atoms with Gasteiger partial charge in [0.1, 0.15) is 17.6 Å². The molecule has 1 fully saturated rings. The van der Waals surface area contributed by atoms with Gasteiger partial charge in [-0.25, -0.2) is 9.37 Å². The molecule has 0 bridgehead atoms. The van der Waals surface area contributed by atoms with E-state index in [-0.39, 0.29) is 37.2 Å². The fourth-order valence-electron chi connectivity index (χ4n) is 4.19. The van der Waals surface area contributed by atoms with Crippen LogP contribution in [0.4, 0.5) is 9.52 Å². The highest BCUT2D eigenvalue weighted by Crippen LogP contribution is 2.27. The zero-order chi connectivity index (χ0) is 24.6. The Bertz CT molecular complexity index is 1110. The molecule has 1 saturated carbocycles. The van der Waals surface area contributed by atoms with E-state index in [4.69, 9.17) is 4.42 Å². The first kappa shape index (κ1) is 24.6. The quantitative estimate of drug-likeness (QED) is 0.431. The van der Waals surface area contributed by atoms with Crippen molar-refractivity contribution in [2.45, 2.75) is 57.2 Å². The van der Waals surface area contributed by atoms with Crippen molar-refractivity contribution >= 4 is 34.2 Å². The Labute approximate surface area is 206 Å². The summed E-state index contributed by atoms with van der Waals surface area (Å²) in [5.74, 6) is -1.03. The van der Waals surface area contributed by atoms with E-state index in [1.54, 1.807) is 23.7 Å². The van der Waals surface area contributed by atoms with E-state index in [0.717, 1.165) is 25.7 Å². The van der Waals surface area contributed by atoms with Crippen LogP contribution in [0, 0.1) is 5.82 Å². The lowest BCUT2D eigenvalue weighted by molar-refractivity contribution is -0.142. The first-order chi connectivity index (χ1) is 17.0. The van der Waals surface area contributed by atoms with E-state index in [2.05, 4.69) is 15.6 Å². The number of thiazole rings is 1. The average molecular weight is 499 g/mol. The third-order valence-corrected chi connectivity index (χ3v) is 6.61. The highest BCUT2D eigenvalue weighted by Gasteiger charge is 2.33. The zero-order valence-electron chi connectivity index (χ0n) is 19.1. The minimum absolute atomic E-state index is 0.0278. The van der Waals surface area contributed by atoms with Crippen LogP contribution in [0.15, 0.2) is 58.7 Å². The van der Waals surface area contributed by atoms with Gasteiger partial charge in [-0.2, -0.15) is 0 Å². The molecule has 10 heteroatoms. The Morgan fingerprint density at radius 1 is 1.14 bits per heavy atom. The van der Waals surface area contributed by atoms with Crippen molar-refractivity contribution in [3.63, 3.8) is 0 Å². The van der Waals surface area contributed by atoms with Crippen molar-refractivity contribution in [1.82, 2.24) is 15.2 Å². The second-order valence-corrected chi connectivity index (χ2v) is 9.33. The fourth-order valence-corrected chi connectivity index (χ4v) is 4.74. The average Bonchev–Trinajstić information content (AvgIpc) is 3.63. The molecular formula is C25H27FN4O4S. The normalized spacial score (nSPS) is 14.4. The maximum atomic E-state index is 13.7. The van der Waals surface area contributed by atoms with Crippen LogP contribution in [0.25, 0.3) is 0 Å². The number of carbonyl (C=O) groups is 3. The second-order valence-electron chi connectivity index (χ2n) is 8.43. The molecule has 0 saturated heterocycles. The van der Waals surface area contributed by atoms with E-state index < -0.39 is 17.8 Å². The van der Waals surface area contributed by atoms with Gasteiger partial charge in [0.15, 0.2) is 5.13 Å². The molecule has 184 valence electrons. The number of nitrogens with one attached hydrogen (secondary N) is 2. The summed E-state index contributed by atoms with van der Waals surface area (Å²) in [6.07, 6.45) is 6.71. The summed E-state index contributed by atoms with van der Waals surface area (Å²) in [7, 11) is 0. The molecule has 0 unspecified atom stereocenters. The van der Waals surface area contributed by atoms with E-state index >= 15 is 0 Å². The number of rotatable bonds is 10. The van der Waals surface area contributed by atoms with Crippen molar-refractivity contribution in [3.8, 4) is 0 Å². The molecule has 1 aromatic carbocycles. The Morgan fingerprint density at radius 3 is 2.57 bits per heavy atom. The maximum Gasteiger partial charge on any atom is 0.247 e. The van der Waals surface area contributed by atoms with E-state index in [9.17, 15) is 18.8 Å². The molecule has 2 heterocycles. The summed E-state index contributed by atoms with van der Waals surface area (Å²) in [6, 6.07) is 7.99. The van der Waals surface area contributed by atoms with Gasteiger partial charge in [-0.05, 0) is 42.7 Å². The summed E-state index contributed by atoms with van der Waals surface area (Å²) >= 11 is 1.28. The highest BCUT2D eigenvalue weighted by molar-refractivity contribution is 7.13. The van der Waals surface area contributed by atoms with Crippen molar-refractivity contribution in [2.24, 2.45) is 0 Å². The molecule has 2 N–H and O–H groups in total. The SMILES string of the molecule is O=C(CCC(=O)N(Cc1ccco1)[C@H](C(=O)NC1CCCC1)c1ccc(F)cc1)Nc1nccs1. The van der Waals surface area contributed by atoms with Crippen LogP contribution in [-0.4, -0.2) is 33.6 Å². The summed E-state index contributed by atoms with van der Waals surface area (Å²) in [5, 5.41) is 7.91. The zero-order valence-corrected chi connectivity index (χ0v) is 19.9. The number of carbonyl (C=O) groups excluding carboxylic acids is 3. The number of amides is 3. The van der Waals surface area contributed by atoms with Gasteiger partial charge in [0.2, 0.25) is 17.7 Å². The van der Waals surface area contributed by atoms with Crippen molar-refractivity contribution < 1.29 is 23.2 Å². The van der Waals surface area contributed by atoms with Gasteiger partial charge >= 0.3 is 0 Å². The van der Waals surface area contributed by atoms with E-state index in [1.807, 2.05) is 0 Å². The van der Waals surface area contributed by atoms with Gasteiger partial charge in [-0.3, -0.25) is 14.4 Å². The van der Waals surface area contributed by atoms with Gasteiger partial charge in [0.25, 0.3) is 0 Å². The second kappa shape index (κ2) is 11.7. The summed E-state index contributed by atoms with van der Waals surface area (Å²) in [6.45, 7) is 0.0278. The minimum Gasteiger partial charge on any atom is -0.467 e. The maximum absolute atomic E-state index is 13.7. The van der Waals surface area contributed by atoms with Crippen LogP contribution in [0.1, 0.15) is 55.9 Å². The Kier molecular flexibility index (Phi) is 8.25. The van der Waals surface area contributed by atoms with E-state index in [1.165, 1.54) is 46.8 Å². The molecule has 0 radical (unpaired) electrons. The molecule has 3 amide bonds. The largest absolute Gasteiger partial charge is 0.467 e. The minimum atomic E-state index is -1.00. The van der Waals surface area contributed by atoms with Crippen LogP contribution < -0.4 is 10.6 Å². The van der Waals surface area contributed by atoms with Gasteiger partial charge in [0.05, 0.1) is 12.8 Å². The molecular weight excluding hydrogens is 471 g/mol. The molecule has 8 nitrogen and oxygen atoms in total. The predicted octanol–water partition coefficient (Wildman–Crippen LogP) is 4.42. The lowest BCUT2D eigenvalue weighted by Gasteiger charge is -2.32. The summed E-state index contributed by atoms with van der Waals surface area (Å²) in [4.78, 5) is 44.7. The standard InChI is InChI=1S/C25H27FN4O4S/c26-18-9-7-17(8-10-18)23(24(33)28-19-4-1-2-5-19)30(16-20-6-3-14-34-20)22(32)12-11-21(31)29-25-27-13-15-35-25/h3,6-10,13-15,19,23H,1-2,4-5,11-12,16H2,(H,28,33)(H,27,29,31)/t23-/m0/s1. The highest BCUT2D eigenvalue weighted by atomic mass is 32.1. The third kappa shape index (κ3) is 6.75. The molecule has 1 aliphatic carbocycles. The summed E-state index contributed by atoms with van der Waals surface area (Å²) < 4.78 is 19.1. The van der Waals surface area contributed by atoms with Crippen LogP contribution in [0.2, 0.25) is 0 Å². The number of halogens is 1. The van der Waals surface area contributed by atoms with Crippen molar-refractivity contribution in [2.75, 3.05) is 5.32 Å². The van der Waals surface area contributed by atoms with Gasteiger partial charge in [0, 0.05) is 30.5 Å². The Balaban J connectivity index is 1.56. The first-order valence-electron chi connectivity index (χ1n) is 11.6. The van der Waals surface area contributed by atoms with Crippen LogP contribution in [-0.2, 0) is 20.9 Å². The van der Waals surface area contributed by atoms with Crippen LogP contribution in [0.3, 0.4) is 0 Å². The van der Waals surface area contributed by atoms with Gasteiger partial charge in [-0.1, -0.05) is 25.0 Å². The van der Waals surface area contributed by atoms with Crippen molar-refractivity contribution in [1.29, 1.82) is 0 Å².